The normalized spacial score (nSPS) is 19.7. The number of nitrogens with one attached hydrogen (secondary N) is 1. The zero-order chi connectivity index (χ0) is 14.5. The summed E-state index contributed by atoms with van der Waals surface area (Å²) in [4.78, 5) is 23.2. The maximum absolute atomic E-state index is 12.1. The standard InChI is InChI=1S/C15H22N4O2/c20-14(12-4-9-21-10-5-12)17-11-13-3-6-16-15(18-13)19-7-1-2-8-19/h3,6,12H,1-2,4-5,7-11H2,(H,17,20). The van der Waals surface area contributed by atoms with Gasteiger partial charge in [0.1, 0.15) is 0 Å². The van der Waals surface area contributed by atoms with E-state index in [4.69, 9.17) is 4.74 Å². The van der Waals surface area contributed by atoms with E-state index in [0.29, 0.717) is 19.8 Å². The molecule has 0 atom stereocenters. The van der Waals surface area contributed by atoms with Crippen molar-refractivity contribution in [2.45, 2.75) is 32.2 Å². The molecule has 3 heterocycles. The van der Waals surface area contributed by atoms with Gasteiger partial charge in [-0.25, -0.2) is 9.97 Å². The number of hydrogen-bond donors (Lipinski definition) is 1. The van der Waals surface area contributed by atoms with Crippen LogP contribution < -0.4 is 10.2 Å². The Bertz CT molecular complexity index is 482. The van der Waals surface area contributed by atoms with Crippen LogP contribution in [0.15, 0.2) is 12.3 Å². The molecule has 2 fully saturated rings. The topological polar surface area (TPSA) is 67.4 Å². The van der Waals surface area contributed by atoms with E-state index < -0.39 is 0 Å². The van der Waals surface area contributed by atoms with Crippen molar-refractivity contribution in [1.82, 2.24) is 15.3 Å². The Balaban J connectivity index is 1.54. The average Bonchev–Trinajstić information content (AvgIpc) is 3.08. The molecule has 1 amide bonds. The first-order chi connectivity index (χ1) is 10.3. The molecular weight excluding hydrogens is 268 g/mol. The monoisotopic (exact) mass is 290 g/mol. The minimum absolute atomic E-state index is 0.0821. The molecule has 21 heavy (non-hydrogen) atoms. The van der Waals surface area contributed by atoms with E-state index in [0.717, 1.165) is 37.6 Å². The van der Waals surface area contributed by atoms with Gasteiger partial charge < -0.3 is 15.0 Å². The van der Waals surface area contributed by atoms with E-state index >= 15 is 0 Å². The number of hydrogen-bond acceptors (Lipinski definition) is 5. The molecule has 1 aromatic heterocycles. The van der Waals surface area contributed by atoms with Crippen LogP contribution in [0.5, 0.6) is 0 Å². The van der Waals surface area contributed by atoms with E-state index in [2.05, 4.69) is 20.2 Å². The second kappa shape index (κ2) is 6.85. The van der Waals surface area contributed by atoms with Crippen molar-refractivity contribution in [3.63, 3.8) is 0 Å². The van der Waals surface area contributed by atoms with Crippen LogP contribution in [-0.4, -0.2) is 42.2 Å². The Morgan fingerprint density at radius 1 is 1.33 bits per heavy atom. The van der Waals surface area contributed by atoms with Crippen LogP contribution in [0.4, 0.5) is 5.95 Å². The van der Waals surface area contributed by atoms with Crippen LogP contribution in [0.2, 0.25) is 0 Å². The van der Waals surface area contributed by atoms with Gasteiger partial charge in [-0.05, 0) is 31.7 Å². The van der Waals surface area contributed by atoms with Crippen LogP contribution in [0.1, 0.15) is 31.4 Å². The molecule has 114 valence electrons. The number of carbonyl (C=O) groups is 1. The molecule has 0 unspecified atom stereocenters. The summed E-state index contributed by atoms with van der Waals surface area (Å²) < 4.78 is 5.28. The highest BCUT2D eigenvalue weighted by Gasteiger charge is 2.21. The number of carbonyl (C=O) groups excluding carboxylic acids is 1. The van der Waals surface area contributed by atoms with E-state index in [1.54, 1.807) is 6.20 Å². The molecule has 1 N–H and O–H groups in total. The second-order valence-corrected chi connectivity index (χ2v) is 5.65. The van der Waals surface area contributed by atoms with Crippen molar-refractivity contribution in [1.29, 1.82) is 0 Å². The van der Waals surface area contributed by atoms with Gasteiger partial charge in [0, 0.05) is 38.4 Å². The molecule has 0 aliphatic carbocycles. The molecule has 0 bridgehead atoms. The lowest BCUT2D eigenvalue weighted by molar-refractivity contribution is -0.128. The Labute approximate surface area is 124 Å². The lowest BCUT2D eigenvalue weighted by Crippen LogP contribution is -2.34. The number of ether oxygens (including phenoxy) is 1. The predicted octanol–water partition coefficient (Wildman–Crippen LogP) is 1.12. The van der Waals surface area contributed by atoms with Crippen LogP contribution >= 0.6 is 0 Å². The molecule has 0 spiro atoms. The fourth-order valence-electron chi connectivity index (χ4n) is 2.83. The Kier molecular flexibility index (Phi) is 4.65. The van der Waals surface area contributed by atoms with Gasteiger partial charge in [-0.3, -0.25) is 4.79 Å². The maximum Gasteiger partial charge on any atom is 0.225 e. The molecule has 1 aromatic rings. The SMILES string of the molecule is O=C(NCc1ccnc(N2CCCC2)n1)C1CCOCC1. The largest absolute Gasteiger partial charge is 0.381 e. The summed E-state index contributed by atoms with van der Waals surface area (Å²) in [5.74, 6) is 0.976. The van der Waals surface area contributed by atoms with Gasteiger partial charge >= 0.3 is 0 Å². The van der Waals surface area contributed by atoms with Crippen molar-refractivity contribution in [2.75, 3.05) is 31.2 Å². The fraction of sp³-hybridized carbons (Fsp3) is 0.667. The summed E-state index contributed by atoms with van der Waals surface area (Å²) in [7, 11) is 0. The Morgan fingerprint density at radius 2 is 2.10 bits per heavy atom. The average molecular weight is 290 g/mol. The van der Waals surface area contributed by atoms with Gasteiger partial charge in [-0.1, -0.05) is 0 Å². The minimum atomic E-state index is 0.0821. The zero-order valence-corrected chi connectivity index (χ0v) is 12.3. The van der Waals surface area contributed by atoms with Crippen molar-refractivity contribution < 1.29 is 9.53 Å². The van der Waals surface area contributed by atoms with E-state index in [1.165, 1.54) is 12.8 Å². The third-order valence-corrected chi connectivity index (χ3v) is 4.13. The first kappa shape index (κ1) is 14.3. The van der Waals surface area contributed by atoms with E-state index in [1.807, 2.05) is 6.07 Å². The lowest BCUT2D eigenvalue weighted by atomic mass is 9.99. The molecule has 3 rings (SSSR count). The van der Waals surface area contributed by atoms with Crippen LogP contribution in [0.25, 0.3) is 0 Å². The van der Waals surface area contributed by atoms with Gasteiger partial charge in [0.25, 0.3) is 0 Å². The first-order valence-corrected chi connectivity index (χ1v) is 7.75. The summed E-state index contributed by atoms with van der Waals surface area (Å²) in [5, 5.41) is 2.98. The van der Waals surface area contributed by atoms with Gasteiger partial charge in [-0.2, -0.15) is 0 Å². The van der Waals surface area contributed by atoms with Crippen molar-refractivity contribution in [3.05, 3.63) is 18.0 Å². The lowest BCUT2D eigenvalue weighted by Gasteiger charge is -2.21. The smallest absolute Gasteiger partial charge is 0.225 e. The Hall–Kier alpha value is -1.69. The third kappa shape index (κ3) is 3.69. The molecule has 6 heteroatoms. The minimum Gasteiger partial charge on any atom is -0.381 e. The number of amides is 1. The summed E-state index contributed by atoms with van der Waals surface area (Å²) in [6.45, 7) is 3.89. The van der Waals surface area contributed by atoms with Crippen LogP contribution in [0.3, 0.4) is 0 Å². The molecule has 6 nitrogen and oxygen atoms in total. The third-order valence-electron chi connectivity index (χ3n) is 4.13. The maximum atomic E-state index is 12.1. The molecule has 0 radical (unpaired) electrons. The van der Waals surface area contributed by atoms with E-state index in [9.17, 15) is 4.79 Å². The molecule has 0 aromatic carbocycles. The van der Waals surface area contributed by atoms with Gasteiger partial charge in [0.2, 0.25) is 11.9 Å². The van der Waals surface area contributed by atoms with Crippen LogP contribution in [0, 0.1) is 5.92 Å². The zero-order valence-electron chi connectivity index (χ0n) is 12.3. The highest BCUT2D eigenvalue weighted by atomic mass is 16.5. The molecule has 2 aliphatic rings. The number of aromatic nitrogens is 2. The number of nitrogens with zero attached hydrogens (tertiary/aromatic N) is 3. The van der Waals surface area contributed by atoms with Gasteiger partial charge in [0.05, 0.1) is 12.2 Å². The summed E-state index contributed by atoms with van der Waals surface area (Å²) in [6.07, 6.45) is 5.81. The molecule has 0 saturated carbocycles. The van der Waals surface area contributed by atoms with Crippen molar-refractivity contribution in [3.8, 4) is 0 Å². The quantitative estimate of drug-likeness (QED) is 0.900. The number of anilines is 1. The van der Waals surface area contributed by atoms with E-state index in [-0.39, 0.29) is 11.8 Å². The van der Waals surface area contributed by atoms with Gasteiger partial charge in [0.15, 0.2) is 0 Å². The number of rotatable bonds is 4. The van der Waals surface area contributed by atoms with Crippen LogP contribution in [-0.2, 0) is 16.1 Å². The van der Waals surface area contributed by atoms with Gasteiger partial charge in [-0.15, -0.1) is 0 Å². The van der Waals surface area contributed by atoms with Crippen molar-refractivity contribution >= 4 is 11.9 Å². The molecule has 2 aliphatic heterocycles. The molecular formula is C15H22N4O2. The Morgan fingerprint density at radius 3 is 2.86 bits per heavy atom. The van der Waals surface area contributed by atoms with Crippen molar-refractivity contribution in [2.24, 2.45) is 5.92 Å². The highest BCUT2D eigenvalue weighted by molar-refractivity contribution is 5.78. The summed E-state index contributed by atoms with van der Waals surface area (Å²) in [5.41, 5.74) is 0.868. The molecule has 2 saturated heterocycles. The first-order valence-electron chi connectivity index (χ1n) is 7.75. The summed E-state index contributed by atoms with van der Waals surface area (Å²) >= 11 is 0. The fourth-order valence-corrected chi connectivity index (χ4v) is 2.83. The highest BCUT2D eigenvalue weighted by Crippen LogP contribution is 2.16. The predicted molar refractivity (Wildman–Crippen MR) is 78.9 cm³/mol. The summed E-state index contributed by atoms with van der Waals surface area (Å²) in [6, 6.07) is 1.86. The second-order valence-electron chi connectivity index (χ2n) is 5.65.